The predicted molar refractivity (Wildman–Crippen MR) is 65.8 cm³/mol. The van der Waals surface area contributed by atoms with Gasteiger partial charge in [0.2, 0.25) is 0 Å². The van der Waals surface area contributed by atoms with Gasteiger partial charge in [-0.3, -0.25) is 9.48 Å². The normalized spacial score (nSPS) is 14.6. The Bertz CT molecular complexity index is 387. The lowest BCUT2D eigenvalue weighted by atomic mass is 9.87. The van der Waals surface area contributed by atoms with Crippen LogP contribution in [0.3, 0.4) is 0 Å². The molecule has 5 nitrogen and oxygen atoms in total. The minimum Gasteiger partial charge on any atom is -0.481 e. The first kappa shape index (κ1) is 13.7. The number of hydrogen-bond donors (Lipinski definition) is 2. The first-order valence-corrected chi connectivity index (χ1v) is 5.99. The maximum Gasteiger partial charge on any atom is 0.304 e. The third kappa shape index (κ3) is 3.30. The molecule has 1 aromatic rings. The van der Waals surface area contributed by atoms with Crippen LogP contribution in [0.25, 0.3) is 0 Å². The summed E-state index contributed by atoms with van der Waals surface area (Å²) in [4.78, 5) is 10.9. The molecule has 17 heavy (non-hydrogen) atoms. The number of aromatic nitrogens is 2. The van der Waals surface area contributed by atoms with Crippen molar-refractivity contribution in [2.75, 3.05) is 0 Å². The van der Waals surface area contributed by atoms with Gasteiger partial charge < -0.3 is 10.8 Å². The highest BCUT2D eigenvalue weighted by atomic mass is 16.4. The Labute approximate surface area is 102 Å². The highest BCUT2D eigenvalue weighted by Crippen LogP contribution is 2.27. The van der Waals surface area contributed by atoms with E-state index in [2.05, 4.69) is 5.10 Å². The van der Waals surface area contributed by atoms with Crippen LogP contribution in [0.1, 0.15) is 43.9 Å². The Hall–Kier alpha value is -1.36. The van der Waals surface area contributed by atoms with Crippen LogP contribution in [0.15, 0.2) is 6.20 Å². The van der Waals surface area contributed by atoms with Gasteiger partial charge in [-0.15, -0.1) is 0 Å². The predicted octanol–water partition coefficient (Wildman–Crippen LogP) is 1.28. The van der Waals surface area contributed by atoms with Gasteiger partial charge in [-0.2, -0.15) is 5.10 Å². The first-order chi connectivity index (χ1) is 7.99. The maximum atomic E-state index is 10.9. The minimum absolute atomic E-state index is 0.0632. The zero-order chi connectivity index (χ0) is 13.0. The number of nitrogens with zero attached hydrogens (tertiary/aromatic N) is 2. The standard InChI is InChI=1S/C12H21N3O2/c1-4-10(13)8(6-12(16)17)9-7-15(3)14-11(9)5-2/h7-8,10H,4-6,13H2,1-3H3,(H,16,17). The van der Waals surface area contributed by atoms with Gasteiger partial charge in [0.15, 0.2) is 0 Å². The van der Waals surface area contributed by atoms with E-state index in [1.54, 1.807) is 4.68 Å². The van der Waals surface area contributed by atoms with Crippen molar-refractivity contribution in [3.8, 4) is 0 Å². The summed E-state index contributed by atoms with van der Waals surface area (Å²) in [5.74, 6) is -0.967. The van der Waals surface area contributed by atoms with E-state index >= 15 is 0 Å². The molecule has 2 atom stereocenters. The van der Waals surface area contributed by atoms with Crippen molar-refractivity contribution >= 4 is 5.97 Å². The van der Waals surface area contributed by atoms with E-state index in [0.717, 1.165) is 24.1 Å². The fraction of sp³-hybridized carbons (Fsp3) is 0.667. The molecule has 0 amide bonds. The van der Waals surface area contributed by atoms with Crippen molar-refractivity contribution in [2.45, 2.75) is 45.1 Å². The summed E-state index contributed by atoms with van der Waals surface area (Å²) in [6.07, 6.45) is 3.51. The number of rotatable bonds is 6. The third-order valence-corrected chi connectivity index (χ3v) is 3.05. The molecular formula is C12H21N3O2. The van der Waals surface area contributed by atoms with Gasteiger partial charge in [-0.1, -0.05) is 13.8 Å². The fourth-order valence-corrected chi connectivity index (χ4v) is 2.10. The average molecular weight is 239 g/mol. The monoisotopic (exact) mass is 239 g/mol. The molecule has 5 heteroatoms. The van der Waals surface area contributed by atoms with Gasteiger partial charge >= 0.3 is 5.97 Å². The van der Waals surface area contributed by atoms with E-state index in [4.69, 9.17) is 10.8 Å². The highest BCUT2D eigenvalue weighted by molar-refractivity contribution is 5.68. The molecule has 1 rings (SSSR count). The number of aliphatic carboxylic acids is 1. The van der Waals surface area contributed by atoms with Gasteiger partial charge in [0.1, 0.15) is 0 Å². The van der Waals surface area contributed by atoms with E-state index in [-0.39, 0.29) is 18.4 Å². The summed E-state index contributed by atoms with van der Waals surface area (Å²) < 4.78 is 1.73. The molecule has 1 aromatic heterocycles. The molecule has 3 N–H and O–H groups in total. The van der Waals surface area contributed by atoms with Crippen LogP contribution < -0.4 is 5.73 Å². The van der Waals surface area contributed by atoms with Crippen LogP contribution in [0.4, 0.5) is 0 Å². The SMILES string of the molecule is CCc1nn(C)cc1C(CC(=O)O)C(N)CC. The van der Waals surface area contributed by atoms with Crippen LogP contribution in [0.5, 0.6) is 0 Å². The van der Waals surface area contributed by atoms with E-state index in [9.17, 15) is 4.79 Å². The third-order valence-electron chi connectivity index (χ3n) is 3.05. The van der Waals surface area contributed by atoms with Crippen molar-refractivity contribution in [2.24, 2.45) is 12.8 Å². The number of carboxylic acid groups (broad SMARTS) is 1. The molecule has 0 aliphatic carbocycles. The summed E-state index contributed by atoms with van der Waals surface area (Å²) in [6.45, 7) is 3.99. The molecular weight excluding hydrogens is 218 g/mol. The molecule has 0 aromatic carbocycles. The average Bonchev–Trinajstić information content (AvgIpc) is 2.65. The topological polar surface area (TPSA) is 81.1 Å². The largest absolute Gasteiger partial charge is 0.481 e. The van der Waals surface area contributed by atoms with Crippen LogP contribution in [-0.2, 0) is 18.3 Å². The zero-order valence-corrected chi connectivity index (χ0v) is 10.7. The molecule has 0 bridgehead atoms. The Morgan fingerprint density at radius 3 is 2.71 bits per heavy atom. The van der Waals surface area contributed by atoms with Crippen LogP contribution in [-0.4, -0.2) is 26.9 Å². The minimum atomic E-state index is -0.815. The molecule has 0 fully saturated rings. The molecule has 0 aliphatic heterocycles. The molecule has 0 radical (unpaired) electrons. The number of nitrogens with two attached hydrogens (primary N) is 1. The second-order valence-electron chi connectivity index (χ2n) is 4.33. The van der Waals surface area contributed by atoms with Gasteiger partial charge in [0, 0.05) is 25.2 Å². The number of carboxylic acids is 1. The smallest absolute Gasteiger partial charge is 0.304 e. The molecule has 0 saturated carbocycles. The molecule has 2 unspecified atom stereocenters. The Morgan fingerprint density at radius 2 is 2.24 bits per heavy atom. The summed E-state index contributed by atoms with van der Waals surface area (Å²) in [6, 6.07) is -0.138. The van der Waals surface area contributed by atoms with E-state index in [1.165, 1.54) is 0 Å². The summed E-state index contributed by atoms with van der Waals surface area (Å²) in [5.41, 5.74) is 7.96. The quantitative estimate of drug-likeness (QED) is 0.783. The Balaban J connectivity index is 3.06. The summed E-state index contributed by atoms with van der Waals surface area (Å²) in [7, 11) is 1.85. The Morgan fingerprint density at radius 1 is 1.59 bits per heavy atom. The van der Waals surface area contributed by atoms with Gasteiger partial charge in [0.05, 0.1) is 12.1 Å². The van der Waals surface area contributed by atoms with Crippen molar-refractivity contribution in [3.63, 3.8) is 0 Å². The maximum absolute atomic E-state index is 10.9. The first-order valence-electron chi connectivity index (χ1n) is 5.99. The van der Waals surface area contributed by atoms with Crippen LogP contribution >= 0.6 is 0 Å². The Kier molecular flexibility index (Phi) is 4.69. The van der Waals surface area contributed by atoms with Gasteiger partial charge in [-0.25, -0.2) is 0 Å². The van der Waals surface area contributed by atoms with Crippen LogP contribution in [0.2, 0.25) is 0 Å². The van der Waals surface area contributed by atoms with Crippen molar-refractivity contribution in [3.05, 3.63) is 17.5 Å². The number of aryl methyl sites for hydroxylation is 2. The number of carbonyl (C=O) groups is 1. The highest BCUT2D eigenvalue weighted by Gasteiger charge is 2.25. The van der Waals surface area contributed by atoms with Gasteiger partial charge in [-0.05, 0) is 18.4 Å². The molecule has 0 spiro atoms. The van der Waals surface area contributed by atoms with Crippen molar-refractivity contribution < 1.29 is 9.90 Å². The molecule has 0 aliphatic rings. The van der Waals surface area contributed by atoms with E-state index in [1.807, 2.05) is 27.1 Å². The van der Waals surface area contributed by atoms with Crippen molar-refractivity contribution in [1.29, 1.82) is 0 Å². The lowest BCUT2D eigenvalue weighted by Crippen LogP contribution is -2.29. The van der Waals surface area contributed by atoms with Crippen molar-refractivity contribution in [1.82, 2.24) is 9.78 Å². The lowest BCUT2D eigenvalue weighted by Gasteiger charge is -2.21. The zero-order valence-electron chi connectivity index (χ0n) is 10.7. The summed E-state index contributed by atoms with van der Waals surface area (Å²) >= 11 is 0. The molecule has 1 heterocycles. The molecule has 0 saturated heterocycles. The van der Waals surface area contributed by atoms with Crippen LogP contribution in [0, 0.1) is 0 Å². The summed E-state index contributed by atoms with van der Waals surface area (Å²) in [5, 5.41) is 13.3. The second kappa shape index (κ2) is 5.82. The van der Waals surface area contributed by atoms with E-state index < -0.39 is 5.97 Å². The van der Waals surface area contributed by atoms with E-state index in [0.29, 0.717) is 0 Å². The number of hydrogen-bond acceptors (Lipinski definition) is 3. The molecule has 96 valence electrons. The lowest BCUT2D eigenvalue weighted by molar-refractivity contribution is -0.137. The fourth-order valence-electron chi connectivity index (χ4n) is 2.10. The van der Waals surface area contributed by atoms with Gasteiger partial charge in [0.25, 0.3) is 0 Å². The second-order valence-corrected chi connectivity index (χ2v) is 4.33.